The number of pyridine rings is 1. The molecule has 1 saturated heterocycles. The number of anilines is 1. The number of carbonyl (C=O) groups is 1. The number of nitrogens with one attached hydrogen (secondary N) is 1. The Hall–Kier alpha value is -2.32. The van der Waals surface area contributed by atoms with E-state index < -0.39 is 0 Å². The van der Waals surface area contributed by atoms with Crippen LogP contribution in [0.2, 0.25) is 0 Å². The van der Waals surface area contributed by atoms with Gasteiger partial charge in [-0.05, 0) is 44.4 Å². The molecule has 4 heterocycles. The van der Waals surface area contributed by atoms with Crippen LogP contribution in [0.15, 0.2) is 18.3 Å². The fourth-order valence-corrected chi connectivity index (χ4v) is 3.70. The summed E-state index contributed by atoms with van der Waals surface area (Å²) in [4.78, 5) is 17.1. The predicted molar refractivity (Wildman–Crippen MR) is 90.5 cm³/mol. The van der Waals surface area contributed by atoms with Gasteiger partial charge in [-0.2, -0.15) is 0 Å². The second-order valence-electron chi connectivity index (χ2n) is 5.88. The highest BCUT2D eigenvalue weighted by atomic mass is 32.1. The molecule has 7 nitrogen and oxygen atoms in total. The SMILES string of the molecule is Cc1ccn2c(C(=O)Nc3nnc(C4CCCO4)s3)c(C)nc2c1. The molecule has 1 amide bonds. The van der Waals surface area contributed by atoms with Crippen LogP contribution in [0.5, 0.6) is 0 Å². The Bertz CT molecular complexity index is 910. The average Bonchev–Trinajstić information content (AvgIpc) is 3.24. The topological polar surface area (TPSA) is 81.4 Å². The van der Waals surface area contributed by atoms with Gasteiger partial charge in [0.25, 0.3) is 5.91 Å². The predicted octanol–water partition coefficient (Wildman–Crippen LogP) is 2.91. The van der Waals surface area contributed by atoms with E-state index in [4.69, 9.17) is 4.74 Å². The summed E-state index contributed by atoms with van der Waals surface area (Å²) in [5, 5.41) is 12.3. The van der Waals surface area contributed by atoms with Crippen molar-refractivity contribution in [2.24, 2.45) is 0 Å². The van der Waals surface area contributed by atoms with Crippen LogP contribution in [0.4, 0.5) is 5.13 Å². The summed E-state index contributed by atoms with van der Waals surface area (Å²) < 4.78 is 7.39. The Morgan fingerprint density at radius 2 is 2.29 bits per heavy atom. The number of hydrogen-bond acceptors (Lipinski definition) is 6. The normalized spacial score (nSPS) is 17.5. The van der Waals surface area contributed by atoms with E-state index in [9.17, 15) is 4.79 Å². The molecule has 1 aliphatic rings. The van der Waals surface area contributed by atoms with E-state index in [1.54, 1.807) is 4.40 Å². The monoisotopic (exact) mass is 343 g/mol. The quantitative estimate of drug-likeness (QED) is 0.791. The van der Waals surface area contributed by atoms with Gasteiger partial charge in [0.1, 0.15) is 22.5 Å². The number of rotatable bonds is 3. The third-order valence-corrected chi connectivity index (χ3v) is 4.97. The number of aryl methyl sites for hydroxylation is 2. The average molecular weight is 343 g/mol. The van der Waals surface area contributed by atoms with Gasteiger partial charge in [-0.1, -0.05) is 11.3 Å². The molecule has 1 aliphatic heterocycles. The number of ether oxygens (including phenoxy) is 1. The zero-order valence-corrected chi connectivity index (χ0v) is 14.3. The first kappa shape index (κ1) is 15.2. The van der Waals surface area contributed by atoms with Crippen molar-refractivity contribution in [3.05, 3.63) is 40.3 Å². The van der Waals surface area contributed by atoms with Gasteiger partial charge in [0.2, 0.25) is 5.13 Å². The summed E-state index contributed by atoms with van der Waals surface area (Å²) in [5.74, 6) is -0.237. The van der Waals surface area contributed by atoms with Crippen LogP contribution in [-0.4, -0.2) is 32.1 Å². The van der Waals surface area contributed by atoms with Crippen molar-refractivity contribution in [2.75, 3.05) is 11.9 Å². The third kappa shape index (κ3) is 2.67. The lowest BCUT2D eigenvalue weighted by Crippen LogP contribution is -2.15. The maximum atomic E-state index is 12.7. The van der Waals surface area contributed by atoms with Crippen LogP contribution in [0.3, 0.4) is 0 Å². The highest BCUT2D eigenvalue weighted by molar-refractivity contribution is 7.15. The van der Waals surface area contributed by atoms with Gasteiger partial charge in [0.05, 0.1) is 5.69 Å². The third-order valence-electron chi connectivity index (χ3n) is 4.04. The van der Waals surface area contributed by atoms with Crippen LogP contribution in [0, 0.1) is 13.8 Å². The maximum Gasteiger partial charge on any atom is 0.276 e. The second-order valence-corrected chi connectivity index (χ2v) is 6.89. The summed E-state index contributed by atoms with van der Waals surface area (Å²) >= 11 is 1.36. The Morgan fingerprint density at radius 1 is 1.42 bits per heavy atom. The summed E-state index contributed by atoms with van der Waals surface area (Å²) in [6, 6.07) is 3.90. The minimum atomic E-state index is -0.237. The largest absolute Gasteiger partial charge is 0.371 e. The summed E-state index contributed by atoms with van der Waals surface area (Å²) in [5.41, 5.74) is 3.06. The molecule has 1 unspecified atom stereocenters. The Labute approximate surface area is 142 Å². The number of hydrogen-bond donors (Lipinski definition) is 1. The van der Waals surface area contributed by atoms with E-state index in [-0.39, 0.29) is 12.0 Å². The lowest BCUT2D eigenvalue weighted by molar-refractivity contribution is 0.102. The first-order valence-corrected chi connectivity index (χ1v) is 8.65. The number of imidazole rings is 1. The molecule has 0 aromatic carbocycles. The van der Waals surface area contributed by atoms with E-state index in [0.29, 0.717) is 16.5 Å². The van der Waals surface area contributed by atoms with Crippen LogP contribution < -0.4 is 5.32 Å². The van der Waals surface area contributed by atoms with Gasteiger partial charge >= 0.3 is 0 Å². The van der Waals surface area contributed by atoms with Crippen LogP contribution in [0.1, 0.15) is 45.7 Å². The summed E-state index contributed by atoms with van der Waals surface area (Å²) in [6.07, 6.45) is 3.85. The van der Waals surface area contributed by atoms with Gasteiger partial charge in [-0.3, -0.25) is 14.5 Å². The molecule has 0 bridgehead atoms. The Morgan fingerprint density at radius 3 is 3.08 bits per heavy atom. The summed E-state index contributed by atoms with van der Waals surface area (Å²) in [7, 11) is 0. The number of aromatic nitrogens is 4. The van der Waals surface area contributed by atoms with Gasteiger partial charge in [-0.15, -0.1) is 10.2 Å². The molecule has 1 N–H and O–H groups in total. The van der Waals surface area contributed by atoms with Gasteiger partial charge in [0, 0.05) is 12.8 Å². The van der Waals surface area contributed by atoms with E-state index in [1.165, 1.54) is 11.3 Å². The number of fused-ring (bicyclic) bond motifs is 1. The van der Waals surface area contributed by atoms with Crippen molar-refractivity contribution in [1.29, 1.82) is 0 Å². The summed E-state index contributed by atoms with van der Waals surface area (Å²) in [6.45, 7) is 4.58. The van der Waals surface area contributed by atoms with Crippen LogP contribution in [-0.2, 0) is 4.74 Å². The molecular weight excluding hydrogens is 326 g/mol. The van der Waals surface area contributed by atoms with Crippen molar-refractivity contribution in [1.82, 2.24) is 19.6 Å². The number of nitrogens with zero attached hydrogens (tertiary/aromatic N) is 4. The smallest absolute Gasteiger partial charge is 0.276 e. The van der Waals surface area contributed by atoms with Gasteiger partial charge < -0.3 is 4.74 Å². The molecule has 0 radical (unpaired) electrons. The molecule has 4 rings (SSSR count). The van der Waals surface area contributed by atoms with Crippen molar-refractivity contribution < 1.29 is 9.53 Å². The molecule has 1 fully saturated rings. The van der Waals surface area contributed by atoms with Crippen molar-refractivity contribution in [3.63, 3.8) is 0 Å². The number of amides is 1. The molecular formula is C16H17N5O2S. The number of carbonyl (C=O) groups excluding carboxylic acids is 1. The van der Waals surface area contributed by atoms with Crippen LogP contribution >= 0.6 is 11.3 Å². The lowest BCUT2D eigenvalue weighted by Gasteiger charge is -2.04. The molecule has 8 heteroatoms. The molecule has 0 aliphatic carbocycles. The molecule has 0 saturated carbocycles. The maximum absolute atomic E-state index is 12.7. The lowest BCUT2D eigenvalue weighted by atomic mass is 10.2. The zero-order chi connectivity index (χ0) is 16.7. The van der Waals surface area contributed by atoms with Crippen molar-refractivity contribution in [2.45, 2.75) is 32.8 Å². The van der Waals surface area contributed by atoms with Crippen molar-refractivity contribution >= 4 is 28.0 Å². The van der Waals surface area contributed by atoms with Crippen LogP contribution in [0.25, 0.3) is 5.65 Å². The van der Waals surface area contributed by atoms with Gasteiger partial charge in [0.15, 0.2) is 0 Å². The minimum Gasteiger partial charge on any atom is -0.371 e. The van der Waals surface area contributed by atoms with E-state index >= 15 is 0 Å². The molecule has 24 heavy (non-hydrogen) atoms. The molecule has 1 atom stereocenters. The molecule has 3 aromatic rings. The Balaban J connectivity index is 1.59. The van der Waals surface area contributed by atoms with E-state index in [1.807, 2.05) is 32.2 Å². The molecule has 124 valence electrons. The fraction of sp³-hybridized carbons (Fsp3) is 0.375. The second kappa shape index (κ2) is 5.95. The minimum absolute atomic E-state index is 0.00802. The zero-order valence-electron chi connectivity index (χ0n) is 13.4. The highest BCUT2D eigenvalue weighted by Gasteiger charge is 2.23. The molecule has 3 aromatic heterocycles. The Kier molecular flexibility index (Phi) is 3.78. The molecule has 0 spiro atoms. The highest BCUT2D eigenvalue weighted by Crippen LogP contribution is 2.32. The first-order valence-electron chi connectivity index (χ1n) is 7.83. The van der Waals surface area contributed by atoms with E-state index in [0.717, 1.165) is 35.7 Å². The fourth-order valence-electron chi connectivity index (χ4n) is 2.88. The first-order chi connectivity index (χ1) is 11.6. The van der Waals surface area contributed by atoms with E-state index in [2.05, 4.69) is 20.5 Å². The van der Waals surface area contributed by atoms with Crippen molar-refractivity contribution in [3.8, 4) is 0 Å². The van der Waals surface area contributed by atoms with Gasteiger partial charge in [-0.25, -0.2) is 4.98 Å². The standard InChI is InChI=1S/C16H17N5O2S/c1-9-5-6-21-12(8-9)17-10(2)13(21)14(22)18-16-20-19-15(24-16)11-4-3-7-23-11/h5-6,8,11H,3-4,7H2,1-2H3,(H,18,20,22).